The molecule has 0 aliphatic carbocycles. The Morgan fingerprint density at radius 2 is 0.862 bits per heavy atom. The molecule has 3 aromatic carbocycles. The Bertz CT molecular complexity index is 2180. The second-order valence-electron chi connectivity index (χ2n) is 14.1. The molecule has 2 aliphatic heterocycles. The fourth-order valence-corrected chi connectivity index (χ4v) is 6.65. The van der Waals surface area contributed by atoms with Crippen molar-refractivity contribution in [2.45, 2.75) is 92.9 Å². The summed E-state index contributed by atoms with van der Waals surface area (Å²) in [6, 6.07) is 22.6. The van der Waals surface area contributed by atoms with Crippen LogP contribution in [0.25, 0.3) is 0 Å². The van der Waals surface area contributed by atoms with E-state index >= 15 is 0 Å². The summed E-state index contributed by atoms with van der Waals surface area (Å²) in [7, 11) is 0. The van der Waals surface area contributed by atoms with Gasteiger partial charge in [-0.15, -0.1) is 0 Å². The highest BCUT2D eigenvalue weighted by Gasteiger charge is 2.58. The van der Waals surface area contributed by atoms with Gasteiger partial charge in [0.05, 0.1) is 16.7 Å². The van der Waals surface area contributed by atoms with Gasteiger partial charge in [-0.1, -0.05) is 89.4 Å². The molecule has 19 nitrogen and oxygen atoms in total. The minimum atomic E-state index is -2.54. The second kappa shape index (κ2) is 22.9. The molecule has 22 heteroatoms. The molecule has 2 fully saturated rings. The molecule has 2 saturated heterocycles. The number of esters is 7. The summed E-state index contributed by atoms with van der Waals surface area (Å²) in [6.07, 6.45) is -18.2. The summed E-state index contributed by atoms with van der Waals surface area (Å²) in [5.41, 5.74) is 0.0383. The number of nitrogens with one attached hydrogen (secondary N) is 1. The SMILES string of the molecule is CC(=O)OC[C@H]1O[C@H](O[C@@H]2[C@H](OC(=O)c3ccccc3)[C@@H](OC(=O)c3ccccc3)[C@@H](OC(=N)C(Cl)(Cl)Cl)O[C@@H]2COC(=O)c2ccccc2)[C@H](OC(C)=O)[C@@H](OC(C)=O)[C@H]1OC(C)=O. The monoisotopic (exact) mass is 965 g/mol. The molecule has 5 rings (SSSR count). The Hall–Kier alpha value is -5.83. The first-order chi connectivity index (χ1) is 30.8. The molecule has 2 heterocycles. The largest absolute Gasteiger partial charge is 0.463 e. The molecule has 0 unspecified atom stereocenters. The van der Waals surface area contributed by atoms with Gasteiger partial charge in [-0.05, 0) is 36.4 Å². The van der Waals surface area contributed by atoms with Crippen LogP contribution >= 0.6 is 34.8 Å². The highest BCUT2D eigenvalue weighted by molar-refractivity contribution is 6.76. The number of hydrogen-bond donors (Lipinski definition) is 1. The zero-order chi connectivity index (χ0) is 47.4. The molecule has 0 aromatic heterocycles. The highest BCUT2D eigenvalue weighted by Crippen LogP contribution is 2.38. The van der Waals surface area contributed by atoms with Gasteiger partial charge >= 0.3 is 41.8 Å². The van der Waals surface area contributed by atoms with Crippen LogP contribution in [0.2, 0.25) is 0 Å². The fraction of sp³-hybridized carbons (Fsp3) is 0.395. The van der Waals surface area contributed by atoms with Gasteiger partial charge in [0.1, 0.15) is 31.5 Å². The lowest BCUT2D eigenvalue weighted by atomic mass is 9.95. The fourth-order valence-electron chi connectivity index (χ4n) is 6.51. The van der Waals surface area contributed by atoms with Gasteiger partial charge in [-0.2, -0.15) is 0 Å². The molecule has 10 atom stereocenters. The van der Waals surface area contributed by atoms with Crippen molar-refractivity contribution >= 4 is 82.5 Å². The first kappa shape index (κ1) is 50.2. The van der Waals surface area contributed by atoms with Crippen LogP contribution < -0.4 is 0 Å². The van der Waals surface area contributed by atoms with E-state index in [4.69, 9.17) is 92.3 Å². The topological polar surface area (TPSA) is 245 Å². The number of benzene rings is 3. The standard InChI is InChI=1S/C43H42Cl3NO18/c1-22(48)55-20-29-31(57-23(2)49)33(58-24(3)50)35(59-25(4)51)40(60-29)64-32-30(21-56-37(52)26-14-8-5-9-15-26)61-41(65-42(47)43(44,45)46)36(63-39(54)28-18-12-7-13-19-28)34(32)62-38(53)27-16-10-6-11-17-27/h5-19,29-36,40-41,47H,20-21H2,1-4H3/t29-,30-,31+,32+,33+,34+,35-,36-,40-,41-/m1/s1. The van der Waals surface area contributed by atoms with Crippen molar-refractivity contribution in [2.24, 2.45) is 0 Å². The molecule has 0 spiro atoms. The van der Waals surface area contributed by atoms with Crippen LogP contribution in [0, 0.1) is 5.41 Å². The minimum absolute atomic E-state index is 0.0215. The lowest BCUT2D eigenvalue weighted by Crippen LogP contribution is -2.67. The molecule has 0 amide bonds. The Kier molecular flexibility index (Phi) is 17.7. The van der Waals surface area contributed by atoms with E-state index < -0.39 is 126 Å². The van der Waals surface area contributed by atoms with Crippen LogP contribution in [-0.4, -0.2) is 126 Å². The van der Waals surface area contributed by atoms with Crippen LogP contribution in [-0.2, 0) is 71.3 Å². The van der Waals surface area contributed by atoms with Crippen molar-refractivity contribution in [1.82, 2.24) is 0 Å². The van der Waals surface area contributed by atoms with Crippen LogP contribution in [0.4, 0.5) is 0 Å². The predicted octanol–water partition coefficient (Wildman–Crippen LogP) is 4.85. The van der Waals surface area contributed by atoms with Crippen molar-refractivity contribution in [3.63, 3.8) is 0 Å². The molecular weight excluding hydrogens is 925 g/mol. The third-order valence-electron chi connectivity index (χ3n) is 9.22. The molecule has 0 saturated carbocycles. The van der Waals surface area contributed by atoms with Crippen LogP contribution in [0.1, 0.15) is 58.8 Å². The smallest absolute Gasteiger partial charge is 0.338 e. The number of rotatable bonds is 15. The molecular formula is C43H42Cl3NO18. The maximum absolute atomic E-state index is 14.1. The quantitative estimate of drug-likeness (QED) is 0.0703. The Labute approximate surface area is 386 Å². The third-order valence-corrected chi connectivity index (χ3v) is 9.73. The number of alkyl halides is 3. The van der Waals surface area contributed by atoms with Crippen molar-refractivity contribution < 1.29 is 85.7 Å². The molecule has 65 heavy (non-hydrogen) atoms. The van der Waals surface area contributed by atoms with E-state index in [1.54, 1.807) is 30.3 Å². The second-order valence-corrected chi connectivity index (χ2v) is 16.4. The number of halogens is 3. The van der Waals surface area contributed by atoms with Crippen molar-refractivity contribution in [3.8, 4) is 0 Å². The molecule has 1 N–H and O–H groups in total. The lowest BCUT2D eigenvalue weighted by Gasteiger charge is -2.48. The first-order valence-corrected chi connectivity index (χ1v) is 20.6. The molecule has 3 aromatic rings. The third kappa shape index (κ3) is 14.1. The molecule has 348 valence electrons. The Balaban J connectivity index is 1.70. The lowest BCUT2D eigenvalue weighted by molar-refractivity contribution is -0.353. The van der Waals surface area contributed by atoms with E-state index in [1.165, 1.54) is 60.7 Å². The van der Waals surface area contributed by atoms with E-state index in [-0.39, 0.29) is 16.7 Å². The van der Waals surface area contributed by atoms with Gasteiger partial charge in [0.15, 0.2) is 30.7 Å². The van der Waals surface area contributed by atoms with Gasteiger partial charge in [-0.3, -0.25) is 24.6 Å². The van der Waals surface area contributed by atoms with Gasteiger partial charge in [-0.25, -0.2) is 14.4 Å². The van der Waals surface area contributed by atoms with Crippen LogP contribution in [0.15, 0.2) is 91.0 Å². The van der Waals surface area contributed by atoms with E-state index in [0.29, 0.717) is 0 Å². The highest BCUT2D eigenvalue weighted by atomic mass is 35.6. The maximum atomic E-state index is 14.1. The number of carbonyl (C=O) groups excluding carboxylic acids is 7. The number of carbonyl (C=O) groups is 7. The summed E-state index contributed by atoms with van der Waals surface area (Å²) in [5.74, 6) is -7.70. The maximum Gasteiger partial charge on any atom is 0.338 e. The zero-order valence-corrected chi connectivity index (χ0v) is 37.1. The summed E-state index contributed by atoms with van der Waals surface area (Å²) < 4.78 is 61.7. The van der Waals surface area contributed by atoms with Crippen molar-refractivity contribution in [3.05, 3.63) is 108 Å². The van der Waals surface area contributed by atoms with Crippen molar-refractivity contribution in [2.75, 3.05) is 13.2 Å². The molecule has 0 bridgehead atoms. The summed E-state index contributed by atoms with van der Waals surface area (Å²) >= 11 is 18.0. The van der Waals surface area contributed by atoms with E-state index in [9.17, 15) is 33.6 Å². The molecule has 2 aliphatic rings. The Morgan fingerprint density at radius 1 is 0.477 bits per heavy atom. The predicted molar refractivity (Wildman–Crippen MR) is 223 cm³/mol. The summed E-state index contributed by atoms with van der Waals surface area (Å²) in [4.78, 5) is 91.2. The first-order valence-electron chi connectivity index (χ1n) is 19.5. The minimum Gasteiger partial charge on any atom is -0.463 e. The van der Waals surface area contributed by atoms with Gasteiger partial charge in [0, 0.05) is 27.7 Å². The summed E-state index contributed by atoms with van der Waals surface area (Å²) in [6.45, 7) is 2.66. The molecule has 0 radical (unpaired) electrons. The zero-order valence-electron chi connectivity index (χ0n) is 34.8. The number of hydrogen-bond acceptors (Lipinski definition) is 19. The van der Waals surface area contributed by atoms with Gasteiger partial charge in [0.2, 0.25) is 18.3 Å². The Morgan fingerprint density at radius 3 is 1.34 bits per heavy atom. The average molecular weight is 967 g/mol. The van der Waals surface area contributed by atoms with E-state index in [1.807, 2.05) is 0 Å². The van der Waals surface area contributed by atoms with E-state index in [2.05, 4.69) is 0 Å². The van der Waals surface area contributed by atoms with Crippen LogP contribution in [0.3, 0.4) is 0 Å². The van der Waals surface area contributed by atoms with Crippen LogP contribution in [0.5, 0.6) is 0 Å². The van der Waals surface area contributed by atoms with Crippen molar-refractivity contribution in [1.29, 1.82) is 5.41 Å². The van der Waals surface area contributed by atoms with E-state index in [0.717, 1.165) is 27.7 Å². The summed E-state index contributed by atoms with van der Waals surface area (Å²) in [5, 5.41) is 8.44. The number of ether oxygens (including phenoxy) is 11. The average Bonchev–Trinajstić information content (AvgIpc) is 3.26. The normalized spacial score (nSPS) is 25.1. The van der Waals surface area contributed by atoms with Gasteiger partial charge < -0.3 is 52.1 Å². The van der Waals surface area contributed by atoms with Gasteiger partial charge in [0.25, 0.3) is 3.79 Å².